The van der Waals surface area contributed by atoms with Crippen LogP contribution in [0.3, 0.4) is 0 Å². The van der Waals surface area contributed by atoms with Gasteiger partial charge in [0.15, 0.2) is 0 Å². The van der Waals surface area contributed by atoms with E-state index in [0.29, 0.717) is 21.5 Å². The Balaban J connectivity index is 1.37. The Morgan fingerprint density at radius 1 is 0.574 bits per heavy atom. The van der Waals surface area contributed by atoms with E-state index in [0.717, 1.165) is 93.0 Å². The number of hydrogen-bond acceptors (Lipinski definition) is 5. The maximum Gasteiger partial charge on any atom is 0.113 e. The molecule has 8 aromatic carbocycles. The molecule has 288 valence electrons. The maximum absolute atomic E-state index is 10.0. The molecule has 0 aliphatic rings. The lowest BCUT2D eigenvalue weighted by molar-refractivity contribution is 1.15. The number of nitrogens with zero attached hydrogens (tertiary/aromatic N) is 5. The van der Waals surface area contributed by atoms with Crippen molar-refractivity contribution in [2.24, 2.45) is 0 Å². The summed E-state index contributed by atoms with van der Waals surface area (Å²) in [4.78, 5) is 4.84. The van der Waals surface area contributed by atoms with Crippen molar-refractivity contribution in [3.63, 3.8) is 0 Å². The smallest absolute Gasteiger partial charge is 0.113 e. The molecule has 0 amide bonds. The zero-order chi connectivity index (χ0) is 41.9. The van der Waals surface area contributed by atoms with E-state index in [9.17, 15) is 10.5 Å². The zero-order valence-corrected chi connectivity index (χ0v) is 35.4. The van der Waals surface area contributed by atoms with Gasteiger partial charge in [-0.2, -0.15) is 10.5 Å². The Morgan fingerprint density at radius 3 is 1.80 bits per heavy atom. The molecule has 10 aromatic rings. The van der Waals surface area contributed by atoms with Crippen LogP contribution < -0.4 is 10.4 Å². The van der Waals surface area contributed by atoms with Gasteiger partial charge in [0, 0.05) is 59.0 Å². The van der Waals surface area contributed by atoms with Gasteiger partial charge in [-0.25, -0.2) is 0 Å². The second-order valence-electron chi connectivity index (χ2n) is 15.4. The number of hydrogen-bond donors (Lipinski definition) is 1. The molecule has 0 aliphatic heterocycles. The van der Waals surface area contributed by atoms with E-state index in [2.05, 4.69) is 180 Å². The summed E-state index contributed by atoms with van der Waals surface area (Å²) in [5.74, 6) is 0. The van der Waals surface area contributed by atoms with Gasteiger partial charge in [0.2, 0.25) is 0 Å². The van der Waals surface area contributed by atoms with Crippen molar-refractivity contribution in [1.82, 2.24) is 9.13 Å². The van der Waals surface area contributed by atoms with Crippen LogP contribution in [0.4, 0.5) is 17.1 Å². The number of aryl methyl sites for hydroxylation is 3. The van der Waals surface area contributed by atoms with Crippen molar-refractivity contribution in [2.45, 2.75) is 35.5 Å². The molecule has 0 N–H and O–H groups in total. The molecule has 2 radical (unpaired) electrons. The first-order chi connectivity index (χ1) is 29.7. The van der Waals surface area contributed by atoms with Gasteiger partial charge in [-0.05, 0) is 129 Å². The highest BCUT2D eigenvalue weighted by molar-refractivity contribution is 7.99. The van der Waals surface area contributed by atoms with E-state index < -0.39 is 0 Å². The van der Waals surface area contributed by atoms with Crippen molar-refractivity contribution in [2.75, 3.05) is 4.90 Å². The number of para-hydroxylation sites is 2. The van der Waals surface area contributed by atoms with Gasteiger partial charge in [0.25, 0.3) is 0 Å². The first-order valence-electron chi connectivity index (χ1n) is 20.0. The Kier molecular flexibility index (Phi) is 9.49. The monoisotopic (exact) mass is 817 g/mol. The molecule has 0 spiro atoms. The number of benzene rings is 8. The van der Waals surface area contributed by atoms with Crippen molar-refractivity contribution in [3.05, 3.63) is 186 Å². The average molecular weight is 818 g/mol. The summed E-state index contributed by atoms with van der Waals surface area (Å²) in [7, 11) is 6.68. The molecule has 0 aliphatic carbocycles. The number of rotatable bonds is 7. The number of thiol groups is 1. The lowest BCUT2D eigenvalue weighted by Crippen LogP contribution is -2.13. The van der Waals surface area contributed by atoms with E-state index in [4.69, 9.17) is 20.5 Å². The predicted molar refractivity (Wildman–Crippen MR) is 257 cm³/mol. The van der Waals surface area contributed by atoms with Crippen LogP contribution in [0.15, 0.2) is 172 Å². The molecule has 0 unspecified atom stereocenters. The Morgan fingerprint density at radius 2 is 1.15 bits per heavy atom. The van der Waals surface area contributed by atoms with E-state index >= 15 is 0 Å². The van der Waals surface area contributed by atoms with Crippen LogP contribution >= 0.6 is 24.4 Å². The van der Waals surface area contributed by atoms with Gasteiger partial charge in [0.1, 0.15) is 20.0 Å². The van der Waals surface area contributed by atoms with Crippen LogP contribution in [0.2, 0.25) is 0 Å². The van der Waals surface area contributed by atoms with E-state index in [1.165, 1.54) is 17.3 Å². The third-order valence-electron chi connectivity index (χ3n) is 11.5. The summed E-state index contributed by atoms with van der Waals surface area (Å²) in [5.41, 5.74) is 14.2. The molecule has 2 heterocycles. The minimum absolute atomic E-state index is 0.492. The van der Waals surface area contributed by atoms with Crippen molar-refractivity contribution in [1.29, 1.82) is 10.5 Å². The fraction of sp³-hybridized carbons (Fsp3) is 0.0566. The highest BCUT2D eigenvalue weighted by Crippen LogP contribution is 2.52. The van der Waals surface area contributed by atoms with E-state index in [1.807, 2.05) is 25.1 Å². The molecule has 61 heavy (non-hydrogen) atoms. The van der Waals surface area contributed by atoms with Crippen LogP contribution in [0, 0.1) is 43.4 Å². The largest absolute Gasteiger partial charge is 0.309 e. The standard InChI is InChI=1S/C53H36BN5S2/c1-32-14-17-40(18-15-32)57(38-10-6-4-7-11-38)50-34(3)51-48(44-28-37(54)16-24-46(44)58(51)39-12-8-5-9-13-39)52-49(50)45-29-42(60)21-25-47(45)59(52)41-19-22-43(23-20-41)61-53-35(30-55)26-33(2)27-36(53)31-56/h4-29,60H,1-3H3. The highest BCUT2D eigenvalue weighted by Gasteiger charge is 2.30. The van der Waals surface area contributed by atoms with E-state index in [1.54, 1.807) is 0 Å². The number of fused-ring (bicyclic) bond motifs is 7. The number of aromatic nitrogens is 2. The normalized spacial score (nSPS) is 11.4. The Bertz CT molecular complexity index is 3410. The van der Waals surface area contributed by atoms with Gasteiger partial charge in [-0.1, -0.05) is 83.5 Å². The first-order valence-corrected chi connectivity index (χ1v) is 21.2. The molecular weight excluding hydrogens is 782 g/mol. The van der Waals surface area contributed by atoms with Gasteiger partial charge in [0.05, 0.1) is 38.9 Å². The van der Waals surface area contributed by atoms with Crippen LogP contribution in [0.5, 0.6) is 0 Å². The van der Waals surface area contributed by atoms with Gasteiger partial charge in [-0.15, -0.1) is 12.6 Å². The molecule has 8 heteroatoms. The Hall–Kier alpha value is -7.10. The highest BCUT2D eigenvalue weighted by atomic mass is 32.2. The fourth-order valence-electron chi connectivity index (χ4n) is 8.86. The van der Waals surface area contributed by atoms with E-state index in [-0.39, 0.29) is 0 Å². The Labute approximate surface area is 365 Å². The molecular formula is C53H36BN5S2. The predicted octanol–water partition coefficient (Wildman–Crippen LogP) is 13.3. The summed E-state index contributed by atoms with van der Waals surface area (Å²) in [6.45, 7) is 6.27. The lowest BCUT2D eigenvalue weighted by atomic mass is 9.93. The topological polar surface area (TPSA) is 60.7 Å². The molecule has 0 saturated carbocycles. The fourth-order valence-corrected chi connectivity index (χ4v) is 10.0. The summed E-state index contributed by atoms with van der Waals surface area (Å²) in [5, 5.41) is 24.3. The molecule has 2 aromatic heterocycles. The number of nitriles is 2. The van der Waals surface area contributed by atoms with Crippen molar-refractivity contribution >= 4 is 98.4 Å². The quantitative estimate of drug-likeness (QED) is 0.129. The third kappa shape index (κ3) is 6.35. The first kappa shape index (κ1) is 38.1. The minimum atomic E-state index is 0.492. The molecule has 10 rings (SSSR count). The van der Waals surface area contributed by atoms with Gasteiger partial charge in [-0.3, -0.25) is 0 Å². The van der Waals surface area contributed by atoms with Crippen LogP contribution in [0.1, 0.15) is 27.8 Å². The second kappa shape index (κ2) is 15.2. The lowest BCUT2D eigenvalue weighted by Gasteiger charge is -2.29. The number of anilines is 3. The molecule has 0 bridgehead atoms. The van der Waals surface area contributed by atoms with Crippen molar-refractivity contribution < 1.29 is 0 Å². The summed E-state index contributed by atoms with van der Waals surface area (Å²) in [6, 6.07) is 59.2. The third-order valence-corrected chi connectivity index (χ3v) is 12.9. The van der Waals surface area contributed by atoms with Crippen LogP contribution in [-0.2, 0) is 0 Å². The molecule has 5 nitrogen and oxygen atoms in total. The summed E-state index contributed by atoms with van der Waals surface area (Å²) >= 11 is 6.39. The SMILES string of the molecule is [B]c1ccc2c(c1)c1c(c(C)c(N(c3ccccc3)c3ccc(C)cc3)c3c4cc(S)ccc4n(-c4ccc(Sc5c(C#N)cc(C)cc5C#N)cc4)c31)n2-c1ccccc1. The maximum atomic E-state index is 10.0. The zero-order valence-electron chi connectivity index (χ0n) is 33.7. The molecule has 0 atom stereocenters. The van der Waals surface area contributed by atoms with Crippen LogP contribution in [0.25, 0.3) is 55.0 Å². The molecule has 0 saturated heterocycles. The molecule has 0 fully saturated rings. The van der Waals surface area contributed by atoms with Gasteiger partial charge >= 0.3 is 0 Å². The summed E-state index contributed by atoms with van der Waals surface area (Å²) in [6.07, 6.45) is 0. The van der Waals surface area contributed by atoms with Crippen LogP contribution in [-0.4, -0.2) is 17.0 Å². The average Bonchev–Trinajstić information content (AvgIpc) is 3.79. The van der Waals surface area contributed by atoms with Crippen molar-refractivity contribution in [3.8, 4) is 23.5 Å². The summed E-state index contributed by atoms with van der Waals surface area (Å²) < 4.78 is 4.76. The second-order valence-corrected chi connectivity index (χ2v) is 17.0. The van der Waals surface area contributed by atoms with Gasteiger partial charge < -0.3 is 14.0 Å². The minimum Gasteiger partial charge on any atom is -0.309 e.